The fraction of sp³-hybridized carbons (Fsp3) is 0.636. The summed E-state index contributed by atoms with van der Waals surface area (Å²) in [5.41, 5.74) is 4.92. The Hall–Kier alpha value is -2.52. The Bertz CT molecular complexity index is 494. The van der Waals surface area contributed by atoms with Gasteiger partial charge in [0.15, 0.2) is 0 Å². The van der Waals surface area contributed by atoms with Gasteiger partial charge in [0.05, 0.1) is 18.5 Å². The van der Waals surface area contributed by atoms with Crippen molar-refractivity contribution in [2.75, 3.05) is 0 Å². The lowest BCUT2D eigenvalue weighted by atomic mass is 10.2. The second-order valence-electron chi connectivity index (χ2n) is 4.94. The first kappa shape index (κ1) is 14.9. The average Bonchev–Trinajstić information content (AvgIpc) is 2.93. The van der Waals surface area contributed by atoms with Crippen LogP contribution < -0.4 is 5.73 Å². The molecule has 2 aliphatic rings. The van der Waals surface area contributed by atoms with Crippen molar-refractivity contribution in [1.29, 1.82) is 0 Å². The number of carbonyl (C=O) groups excluding carboxylic acids is 2. The van der Waals surface area contributed by atoms with Crippen LogP contribution in [0.3, 0.4) is 0 Å². The van der Waals surface area contributed by atoms with Gasteiger partial charge in [0.2, 0.25) is 5.91 Å². The molecule has 0 aromatic heterocycles. The van der Waals surface area contributed by atoms with Gasteiger partial charge in [0.1, 0.15) is 6.10 Å². The summed E-state index contributed by atoms with van der Waals surface area (Å²) >= 11 is 0. The van der Waals surface area contributed by atoms with Crippen molar-refractivity contribution in [1.82, 2.24) is 10.0 Å². The molecule has 3 unspecified atom stereocenters. The van der Waals surface area contributed by atoms with E-state index < -0.39 is 42.3 Å². The van der Waals surface area contributed by atoms with Gasteiger partial charge in [-0.05, 0) is 6.42 Å². The highest BCUT2D eigenvalue weighted by Crippen LogP contribution is 2.39. The summed E-state index contributed by atoms with van der Waals surface area (Å²) in [7, 11) is 0. The van der Waals surface area contributed by atoms with Crippen LogP contribution >= 0.6 is 0 Å². The third-order valence-corrected chi connectivity index (χ3v) is 3.59. The zero-order valence-corrected chi connectivity index (χ0v) is 11.0. The summed E-state index contributed by atoms with van der Waals surface area (Å²) < 4.78 is 5.13. The zero-order chi connectivity index (χ0) is 15.7. The zero-order valence-electron chi connectivity index (χ0n) is 11.0. The number of hydrazine groups is 1. The second kappa shape index (κ2) is 5.46. The van der Waals surface area contributed by atoms with Crippen molar-refractivity contribution in [3.05, 3.63) is 0 Å². The SMILES string of the molecule is NC(=O)CCC(=O)OC1CC2CC1N(C(=O)O)N2C(=O)O. The summed E-state index contributed by atoms with van der Waals surface area (Å²) in [6.07, 6.45) is -3.29. The van der Waals surface area contributed by atoms with Crippen LogP contribution in [0.1, 0.15) is 25.7 Å². The number of fused-ring (bicyclic) bond motifs is 2. The fourth-order valence-corrected chi connectivity index (χ4v) is 2.81. The molecule has 1 saturated heterocycles. The molecule has 2 fully saturated rings. The van der Waals surface area contributed by atoms with Gasteiger partial charge in [-0.25, -0.2) is 19.6 Å². The predicted molar refractivity (Wildman–Crippen MR) is 64.8 cm³/mol. The van der Waals surface area contributed by atoms with E-state index in [-0.39, 0.29) is 25.7 Å². The van der Waals surface area contributed by atoms with Crippen LogP contribution in [0, 0.1) is 0 Å². The minimum absolute atomic E-state index is 0.149. The molecule has 1 aliphatic carbocycles. The van der Waals surface area contributed by atoms with Crippen molar-refractivity contribution in [2.24, 2.45) is 5.73 Å². The lowest BCUT2D eigenvalue weighted by Crippen LogP contribution is -2.57. The van der Waals surface area contributed by atoms with Crippen molar-refractivity contribution >= 4 is 24.1 Å². The van der Waals surface area contributed by atoms with Crippen molar-refractivity contribution < 1.29 is 34.1 Å². The smallest absolute Gasteiger partial charge is 0.426 e. The van der Waals surface area contributed by atoms with Gasteiger partial charge in [-0.3, -0.25) is 9.59 Å². The maximum atomic E-state index is 11.5. The molecule has 4 N–H and O–H groups in total. The van der Waals surface area contributed by atoms with Crippen LogP contribution in [-0.4, -0.2) is 62.5 Å². The second-order valence-corrected chi connectivity index (χ2v) is 4.94. The lowest BCUT2D eigenvalue weighted by molar-refractivity contribution is -0.157. The van der Waals surface area contributed by atoms with Gasteiger partial charge in [-0.2, -0.15) is 0 Å². The number of amides is 3. The molecule has 0 radical (unpaired) electrons. The van der Waals surface area contributed by atoms with Crippen LogP contribution in [0.5, 0.6) is 0 Å². The lowest BCUT2D eigenvalue weighted by Gasteiger charge is -2.37. The molecule has 116 valence electrons. The number of hydrogen-bond donors (Lipinski definition) is 3. The third-order valence-electron chi connectivity index (χ3n) is 3.59. The van der Waals surface area contributed by atoms with Crippen LogP contribution in [0.4, 0.5) is 9.59 Å². The topological polar surface area (TPSA) is 150 Å². The minimum Gasteiger partial charge on any atom is -0.464 e. The van der Waals surface area contributed by atoms with E-state index in [0.29, 0.717) is 5.01 Å². The minimum atomic E-state index is -1.41. The number of ether oxygens (including phenoxy) is 1. The average molecular weight is 301 g/mol. The van der Waals surface area contributed by atoms with Gasteiger partial charge >= 0.3 is 18.2 Å². The summed E-state index contributed by atoms with van der Waals surface area (Å²) in [4.78, 5) is 44.4. The van der Waals surface area contributed by atoms with Gasteiger partial charge in [-0.15, -0.1) is 0 Å². The highest BCUT2D eigenvalue weighted by atomic mass is 16.5. The molecular formula is C11H15N3O7. The molecule has 1 heterocycles. The van der Waals surface area contributed by atoms with E-state index >= 15 is 0 Å². The molecule has 0 spiro atoms. The van der Waals surface area contributed by atoms with Crippen LogP contribution in [0.25, 0.3) is 0 Å². The van der Waals surface area contributed by atoms with Gasteiger partial charge in [0.25, 0.3) is 0 Å². The first-order chi connectivity index (χ1) is 9.81. The van der Waals surface area contributed by atoms with Gasteiger partial charge in [0, 0.05) is 12.8 Å². The van der Waals surface area contributed by atoms with E-state index in [4.69, 9.17) is 20.7 Å². The Labute approximate surface area is 119 Å². The number of primary amides is 1. The molecule has 1 saturated carbocycles. The quantitative estimate of drug-likeness (QED) is 0.597. The Morgan fingerprint density at radius 3 is 2.19 bits per heavy atom. The molecule has 3 amide bonds. The van der Waals surface area contributed by atoms with E-state index in [0.717, 1.165) is 5.01 Å². The summed E-state index contributed by atoms with van der Waals surface area (Å²) in [5.74, 6) is -1.29. The number of nitrogens with two attached hydrogens (primary N) is 1. The van der Waals surface area contributed by atoms with Crippen molar-refractivity contribution in [3.63, 3.8) is 0 Å². The largest absolute Gasteiger partial charge is 0.464 e. The summed E-state index contributed by atoms with van der Waals surface area (Å²) in [6.45, 7) is 0. The predicted octanol–water partition coefficient (Wildman–Crippen LogP) is -0.417. The molecule has 2 bridgehead atoms. The van der Waals surface area contributed by atoms with Crippen LogP contribution in [0.2, 0.25) is 0 Å². The van der Waals surface area contributed by atoms with E-state index in [2.05, 4.69) is 0 Å². The first-order valence-corrected chi connectivity index (χ1v) is 6.33. The van der Waals surface area contributed by atoms with E-state index in [1.807, 2.05) is 0 Å². The monoisotopic (exact) mass is 301 g/mol. The Morgan fingerprint density at radius 2 is 1.67 bits per heavy atom. The molecule has 1 aliphatic heterocycles. The fourth-order valence-electron chi connectivity index (χ4n) is 2.81. The summed E-state index contributed by atoms with van der Waals surface area (Å²) in [6, 6.07) is -1.25. The van der Waals surface area contributed by atoms with E-state index in [9.17, 15) is 19.2 Å². The molecule has 21 heavy (non-hydrogen) atoms. The number of esters is 1. The Balaban J connectivity index is 2.00. The highest BCUT2D eigenvalue weighted by molar-refractivity contribution is 5.80. The number of hydrogen-bond acceptors (Lipinski definition) is 5. The van der Waals surface area contributed by atoms with E-state index in [1.54, 1.807) is 0 Å². The molecule has 0 aromatic rings. The number of nitrogens with zero attached hydrogens (tertiary/aromatic N) is 2. The van der Waals surface area contributed by atoms with Gasteiger partial charge in [-0.1, -0.05) is 0 Å². The molecule has 10 nitrogen and oxygen atoms in total. The van der Waals surface area contributed by atoms with Crippen LogP contribution in [0.15, 0.2) is 0 Å². The molecule has 10 heteroatoms. The highest BCUT2D eigenvalue weighted by Gasteiger charge is 2.56. The van der Waals surface area contributed by atoms with Crippen molar-refractivity contribution in [3.8, 4) is 0 Å². The van der Waals surface area contributed by atoms with Gasteiger partial charge < -0.3 is 20.7 Å². The number of carbonyl (C=O) groups is 4. The maximum Gasteiger partial charge on any atom is 0.426 e. The molecule has 2 rings (SSSR count). The Kier molecular flexibility index (Phi) is 3.87. The maximum absolute atomic E-state index is 11.5. The summed E-state index contributed by atoms with van der Waals surface area (Å²) in [5, 5.41) is 19.6. The molecule has 3 atom stereocenters. The first-order valence-electron chi connectivity index (χ1n) is 6.33. The van der Waals surface area contributed by atoms with E-state index in [1.165, 1.54) is 0 Å². The Morgan fingerprint density at radius 1 is 1.05 bits per heavy atom. The van der Waals surface area contributed by atoms with Crippen molar-refractivity contribution in [2.45, 2.75) is 43.9 Å². The molecular weight excluding hydrogens is 286 g/mol. The van der Waals surface area contributed by atoms with Crippen LogP contribution in [-0.2, 0) is 14.3 Å². The molecule has 0 aromatic carbocycles. The number of rotatable bonds is 4. The normalized spacial score (nSPS) is 26.8. The standard InChI is InChI=1S/C11H15N3O7/c12-8(15)1-2-9(16)21-7-4-5-3-6(7)14(11(19)20)13(5)10(17)18/h5-7H,1-4H2,(H2,12,15)(H,17,18)(H,19,20). The number of carboxylic acid groups (broad SMARTS) is 2. The third kappa shape index (κ3) is 2.83.